The van der Waals surface area contributed by atoms with Crippen LogP contribution < -0.4 is 5.32 Å². The molecular weight excluding hydrogens is 502 g/mol. The van der Waals surface area contributed by atoms with Gasteiger partial charge in [0, 0.05) is 6.42 Å². The van der Waals surface area contributed by atoms with Crippen LogP contribution in [0.15, 0.2) is 12.2 Å². The van der Waals surface area contributed by atoms with E-state index in [9.17, 15) is 30.3 Å². The Labute approximate surface area is 236 Å². The molecule has 1 aliphatic rings. The molecule has 9 heteroatoms. The van der Waals surface area contributed by atoms with Gasteiger partial charge in [-0.1, -0.05) is 83.8 Å². The van der Waals surface area contributed by atoms with Crippen LogP contribution in [0.2, 0.25) is 0 Å². The molecule has 6 N–H and O–H groups in total. The highest BCUT2D eigenvalue weighted by molar-refractivity contribution is 5.76. The molecule has 1 fully saturated rings. The number of aliphatic hydroxyl groups excluding tert-OH is 5. The first-order valence-electron chi connectivity index (χ1n) is 15.4. The molecule has 0 bridgehead atoms. The van der Waals surface area contributed by atoms with E-state index in [-0.39, 0.29) is 12.5 Å². The molecule has 39 heavy (non-hydrogen) atoms. The van der Waals surface area contributed by atoms with Gasteiger partial charge < -0.3 is 40.3 Å². The van der Waals surface area contributed by atoms with Gasteiger partial charge in [-0.05, 0) is 38.5 Å². The van der Waals surface area contributed by atoms with Gasteiger partial charge in [-0.3, -0.25) is 4.79 Å². The average molecular weight is 560 g/mol. The van der Waals surface area contributed by atoms with Gasteiger partial charge in [0.1, 0.15) is 24.4 Å². The van der Waals surface area contributed by atoms with Crippen molar-refractivity contribution in [3.63, 3.8) is 0 Å². The van der Waals surface area contributed by atoms with Gasteiger partial charge in [0.15, 0.2) is 6.29 Å². The highest BCUT2D eigenvalue weighted by Gasteiger charge is 2.44. The number of allylic oxidation sites excluding steroid dienone is 2. The number of nitrogens with one attached hydrogen (secondary N) is 1. The van der Waals surface area contributed by atoms with Crippen LogP contribution in [-0.4, -0.2) is 87.5 Å². The summed E-state index contributed by atoms with van der Waals surface area (Å²) in [5, 5.41) is 52.7. The molecular formula is C30H57NO8. The normalized spacial score (nSPS) is 25.2. The minimum absolute atomic E-state index is 0.151. The number of unbranched alkanes of at least 4 members (excludes halogenated alkanes) is 11. The van der Waals surface area contributed by atoms with Crippen molar-refractivity contribution in [2.24, 2.45) is 0 Å². The third-order valence-corrected chi connectivity index (χ3v) is 7.35. The second-order valence-corrected chi connectivity index (χ2v) is 10.9. The number of ether oxygens (including phenoxy) is 2. The summed E-state index contributed by atoms with van der Waals surface area (Å²) in [5.74, 6) is -0.176. The standard InChI is InChI=1S/C30H57NO8/c1-3-5-6-7-8-9-10-11-12-13-14-15-16-17-18-20-26(34)31-23(24(33)19-4-2)22-38-30-29(37)28(36)27(35)25(21-32)39-30/h11-12,23-25,27-30,32-33,35-37H,3-10,13-22H2,1-2H3,(H,31,34)/t23-,24+,25?,27-,28+,29?,30-/m0/s1. The maximum Gasteiger partial charge on any atom is 0.220 e. The summed E-state index contributed by atoms with van der Waals surface area (Å²) in [6, 6.07) is -0.715. The van der Waals surface area contributed by atoms with Crippen molar-refractivity contribution in [2.45, 2.75) is 159 Å². The summed E-state index contributed by atoms with van der Waals surface area (Å²) in [4.78, 5) is 12.5. The van der Waals surface area contributed by atoms with Crippen molar-refractivity contribution in [2.75, 3.05) is 13.2 Å². The summed E-state index contributed by atoms with van der Waals surface area (Å²) in [6.45, 7) is 3.46. The number of carbonyl (C=O) groups excluding carboxylic acids is 1. The van der Waals surface area contributed by atoms with E-state index in [0.717, 1.165) is 32.1 Å². The molecule has 0 radical (unpaired) electrons. The predicted molar refractivity (Wildman–Crippen MR) is 152 cm³/mol. The fraction of sp³-hybridized carbons (Fsp3) is 0.900. The molecule has 2 unspecified atom stereocenters. The van der Waals surface area contributed by atoms with Crippen LogP contribution in [0.25, 0.3) is 0 Å². The van der Waals surface area contributed by atoms with Crippen LogP contribution in [0, 0.1) is 0 Å². The molecule has 0 aromatic carbocycles. The highest BCUT2D eigenvalue weighted by atomic mass is 16.7. The fourth-order valence-corrected chi connectivity index (χ4v) is 4.78. The molecule has 0 aromatic rings. The van der Waals surface area contributed by atoms with E-state index in [4.69, 9.17) is 9.47 Å². The van der Waals surface area contributed by atoms with Crippen LogP contribution in [0.1, 0.15) is 117 Å². The van der Waals surface area contributed by atoms with Crippen molar-refractivity contribution in [1.29, 1.82) is 0 Å². The first-order chi connectivity index (χ1) is 18.8. The van der Waals surface area contributed by atoms with Crippen LogP contribution in [0.5, 0.6) is 0 Å². The maximum absolute atomic E-state index is 12.5. The van der Waals surface area contributed by atoms with Crippen molar-refractivity contribution in [1.82, 2.24) is 5.32 Å². The Hall–Kier alpha value is -1.07. The van der Waals surface area contributed by atoms with E-state index in [0.29, 0.717) is 19.3 Å². The highest BCUT2D eigenvalue weighted by Crippen LogP contribution is 2.22. The molecule has 0 aliphatic carbocycles. The van der Waals surface area contributed by atoms with E-state index in [1.807, 2.05) is 6.92 Å². The molecule has 1 saturated heterocycles. The van der Waals surface area contributed by atoms with Gasteiger partial charge in [0.2, 0.25) is 5.91 Å². The molecule has 0 spiro atoms. The molecule has 7 atom stereocenters. The minimum Gasteiger partial charge on any atom is -0.394 e. The molecule has 230 valence electrons. The maximum atomic E-state index is 12.5. The van der Waals surface area contributed by atoms with E-state index >= 15 is 0 Å². The Morgan fingerprint density at radius 3 is 2.03 bits per heavy atom. The summed E-state index contributed by atoms with van der Waals surface area (Å²) >= 11 is 0. The SMILES string of the molecule is CCCCCCCCC=CCCCCCCCC(=O)N[C@@H](CO[C@H]1OC(CO)[C@H](O)[C@@H](O)C1O)[C@H](O)CCC. The molecule has 1 heterocycles. The third kappa shape index (κ3) is 15.5. The van der Waals surface area contributed by atoms with Crippen LogP contribution in [0.4, 0.5) is 0 Å². The smallest absolute Gasteiger partial charge is 0.220 e. The molecule has 1 amide bonds. The Balaban J connectivity index is 2.25. The number of rotatable bonds is 23. The fourth-order valence-electron chi connectivity index (χ4n) is 4.78. The first kappa shape index (κ1) is 36.0. The number of hydrogen-bond acceptors (Lipinski definition) is 8. The molecule has 9 nitrogen and oxygen atoms in total. The van der Waals surface area contributed by atoms with Crippen LogP contribution >= 0.6 is 0 Å². The summed E-state index contributed by atoms with van der Waals surface area (Å²) in [5.41, 5.74) is 0. The monoisotopic (exact) mass is 559 g/mol. The minimum atomic E-state index is -1.55. The Morgan fingerprint density at radius 1 is 0.846 bits per heavy atom. The zero-order valence-electron chi connectivity index (χ0n) is 24.4. The predicted octanol–water partition coefficient (Wildman–Crippen LogP) is 3.49. The molecule has 0 aromatic heterocycles. The summed E-state index contributed by atoms with van der Waals surface area (Å²) in [6.07, 6.45) is 13.8. The van der Waals surface area contributed by atoms with E-state index < -0.39 is 49.5 Å². The lowest BCUT2D eigenvalue weighted by molar-refractivity contribution is -0.302. The Bertz CT molecular complexity index is 632. The van der Waals surface area contributed by atoms with E-state index in [1.54, 1.807) is 0 Å². The topological polar surface area (TPSA) is 149 Å². The van der Waals surface area contributed by atoms with Gasteiger partial charge in [-0.25, -0.2) is 0 Å². The van der Waals surface area contributed by atoms with Gasteiger partial charge in [0.05, 0.1) is 25.4 Å². The lowest BCUT2D eigenvalue weighted by Gasteiger charge is -2.40. The number of hydrogen-bond donors (Lipinski definition) is 6. The lowest BCUT2D eigenvalue weighted by Crippen LogP contribution is -2.60. The van der Waals surface area contributed by atoms with Crippen LogP contribution in [0.3, 0.4) is 0 Å². The molecule has 1 rings (SSSR count). The zero-order chi connectivity index (χ0) is 28.9. The van der Waals surface area contributed by atoms with Gasteiger partial charge >= 0.3 is 0 Å². The Kier molecular flexibility index (Phi) is 20.8. The second kappa shape index (κ2) is 22.6. The molecule has 1 aliphatic heterocycles. The van der Waals surface area contributed by atoms with Crippen LogP contribution in [-0.2, 0) is 14.3 Å². The van der Waals surface area contributed by atoms with Crippen molar-refractivity contribution in [3.8, 4) is 0 Å². The lowest BCUT2D eigenvalue weighted by atomic mass is 9.99. The van der Waals surface area contributed by atoms with E-state index in [1.165, 1.54) is 51.4 Å². The molecule has 0 saturated carbocycles. The quantitative estimate of drug-likeness (QED) is 0.0823. The summed E-state index contributed by atoms with van der Waals surface area (Å²) in [7, 11) is 0. The first-order valence-corrected chi connectivity index (χ1v) is 15.4. The average Bonchev–Trinajstić information content (AvgIpc) is 2.92. The second-order valence-electron chi connectivity index (χ2n) is 10.9. The number of aliphatic hydroxyl groups is 5. The van der Waals surface area contributed by atoms with Crippen molar-refractivity contribution in [3.05, 3.63) is 12.2 Å². The van der Waals surface area contributed by atoms with E-state index in [2.05, 4.69) is 24.4 Å². The van der Waals surface area contributed by atoms with Gasteiger partial charge in [-0.15, -0.1) is 0 Å². The van der Waals surface area contributed by atoms with Gasteiger partial charge in [-0.2, -0.15) is 0 Å². The summed E-state index contributed by atoms with van der Waals surface area (Å²) < 4.78 is 10.9. The van der Waals surface area contributed by atoms with Crippen molar-refractivity contribution >= 4 is 5.91 Å². The third-order valence-electron chi connectivity index (χ3n) is 7.35. The largest absolute Gasteiger partial charge is 0.394 e. The number of carbonyl (C=O) groups is 1. The number of amides is 1. The van der Waals surface area contributed by atoms with Crippen molar-refractivity contribution < 1.29 is 39.8 Å². The Morgan fingerprint density at radius 2 is 1.44 bits per heavy atom. The van der Waals surface area contributed by atoms with Gasteiger partial charge in [0.25, 0.3) is 0 Å². The zero-order valence-corrected chi connectivity index (χ0v) is 24.4.